The molecule has 1 aromatic heterocycles. The average molecular weight is 551 g/mol. The van der Waals surface area contributed by atoms with Crippen LogP contribution in [0.5, 0.6) is 0 Å². The normalized spacial score (nSPS) is 13.7. The lowest BCUT2D eigenvalue weighted by Gasteiger charge is -2.29. The SMILES string of the molecule is C#CCn1c(N[C@@H](C)c2ccc(C(F)(F)F)cc2)nc2c(c1=O)CN(C(=O)c1ccc(Cl)cc1)CC2.Cl. The van der Waals surface area contributed by atoms with Crippen LogP contribution in [0.4, 0.5) is 19.1 Å². The monoisotopic (exact) mass is 550 g/mol. The predicted molar refractivity (Wildman–Crippen MR) is 138 cm³/mol. The molecule has 2 heterocycles. The molecular weight excluding hydrogens is 528 g/mol. The van der Waals surface area contributed by atoms with Crippen molar-refractivity contribution >= 4 is 35.9 Å². The number of fused-ring (bicyclic) bond motifs is 1. The number of carbonyl (C=O) groups excluding carboxylic acids is 1. The summed E-state index contributed by atoms with van der Waals surface area (Å²) in [5.41, 5.74) is 0.869. The maximum atomic E-state index is 13.4. The number of hydrogen-bond donors (Lipinski definition) is 1. The number of alkyl halides is 3. The van der Waals surface area contributed by atoms with Crippen molar-refractivity contribution in [3.63, 3.8) is 0 Å². The largest absolute Gasteiger partial charge is 0.416 e. The van der Waals surface area contributed by atoms with Crippen LogP contribution in [-0.4, -0.2) is 26.9 Å². The van der Waals surface area contributed by atoms with E-state index in [4.69, 9.17) is 18.0 Å². The summed E-state index contributed by atoms with van der Waals surface area (Å²) in [5, 5.41) is 3.62. The molecule has 0 radical (unpaired) electrons. The van der Waals surface area contributed by atoms with E-state index in [0.717, 1.165) is 12.1 Å². The molecule has 1 amide bonds. The first-order valence-corrected chi connectivity index (χ1v) is 11.5. The van der Waals surface area contributed by atoms with Gasteiger partial charge in [-0.05, 0) is 48.9 Å². The fourth-order valence-corrected chi connectivity index (χ4v) is 4.17. The summed E-state index contributed by atoms with van der Waals surface area (Å²) in [5.74, 6) is 2.44. The number of nitrogens with one attached hydrogen (secondary N) is 1. The van der Waals surface area contributed by atoms with Crippen molar-refractivity contribution in [2.75, 3.05) is 11.9 Å². The number of carbonyl (C=O) groups is 1. The Morgan fingerprint density at radius 3 is 2.43 bits per heavy atom. The smallest absolute Gasteiger partial charge is 0.349 e. The van der Waals surface area contributed by atoms with Gasteiger partial charge in [0, 0.05) is 23.6 Å². The molecule has 194 valence electrons. The Morgan fingerprint density at radius 1 is 1.19 bits per heavy atom. The van der Waals surface area contributed by atoms with E-state index in [1.54, 1.807) is 36.1 Å². The molecule has 3 aromatic rings. The summed E-state index contributed by atoms with van der Waals surface area (Å²) in [6, 6.07) is 10.8. The molecule has 0 fully saturated rings. The quantitative estimate of drug-likeness (QED) is 0.435. The summed E-state index contributed by atoms with van der Waals surface area (Å²) in [7, 11) is 0. The van der Waals surface area contributed by atoms with Crippen LogP contribution in [0.25, 0.3) is 0 Å². The van der Waals surface area contributed by atoms with Crippen LogP contribution in [0.1, 0.15) is 45.7 Å². The maximum absolute atomic E-state index is 13.4. The standard InChI is InChI=1S/C26H22ClF3N4O2.ClH/c1-3-13-34-24(36)21-15-33(23(35)18-6-10-20(27)11-7-18)14-12-22(21)32-25(34)31-16(2)17-4-8-19(9-5-17)26(28,29)30;/h1,4-11,16H,12-15H2,2H3,(H,31,32);1H/t16-;/m0./s1. The van der Waals surface area contributed by atoms with Gasteiger partial charge in [-0.15, -0.1) is 18.8 Å². The Labute approximate surface area is 222 Å². The van der Waals surface area contributed by atoms with E-state index in [-0.39, 0.29) is 42.9 Å². The molecular formula is C26H23Cl2F3N4O2. The number of halogens is 5. The average Bonchev–Trinajstić information content (AvgIpc) is 2.86. The molecule has 37 heavy (non-hydrogen) atoms. The van der Waals surface area contributed by atoms with Gasteiger partial charge in [0.15, 0.2) is 0 Å². The zero-order valence-corrected chi connectivity index (χ0v) is 21.3. The molecule has 1 aliphatic heterocycles. The minimum atomic E-state index is -4.43. The molecule has 1 aliphatic rings. The van der Waals surface area contributed by atoms with Crippen LogP contribution in [-0.2, 0) is 25.7 Å². The van der Waals surface area contributed by atoms with Gasteiger partial charge in [0.25, 0.3) is 11.5 Å². The number of nitrogens with zero attached hydrogens (tertiary/aromatic N) is 3. The highest BCUT2D eigenvalue weighted by Gasteiger charge is 2.30. The van der Waals surface area contributed by atoms with Gasteiger partial charge in [-0.1, -0.05) is 29.7 Å². The van der Waals surface area contributed by atoms with Crippen molar-refractivity contribution in [2.45, 2.75) is 38.7 Å². The van der Waals surface area contributed by atoms with Gasteiger partial charge in [0.2, 0.25) is 5.95 Å². The van der Waals surface area contributed by atoms with Crippen molar-refractivity contribution in [1.29, 1.82) is 0 Å². The second-order valence-electron chi connectivity index (χ2n) is 8.43. The molecule has 0 unspecified atom stereocenters. The van der Waals surface area contributed by atoms with Gasteiger partial charge >= 0.3 is 6.18 Å². The van der Waals surface area contributed by atoms with Crippen LogP contribution >= 0.6 is 24.0 Å². The first-order chi connectivity index (χ1) is 17.1. The molecule has 2 aromatic carbocycles. The minimum absolute atomic E-state index is 0. The number of terminal acetylenes is 1. The third-order valence-corrected chi connectivity index (χ3v) is 6.28. The van der Waals surface area contributed by atoms with Gasteiger partial charge in [-0.25, -0.2) is 4.98 Å². The molecule has 0 saturated heterocycles. The van der Waals surface area contributed by atoms with Crippen molar-refractivity contribution in [3.05, 3.63) is 91.9 Å². The van der Waals surface area contributed by atoms with E-state index in [1.807, 2.05) is 0 Å². The van der Waals surface area contributed by atoms with Gasteiger partial charge in [0.1, 0.15) is 0 Å². The number of amides is 1. The Kier molecular flexibility index (Phi) is 8.57. The molecule has 0 saturated carbocycles. The van der Waals surface area contributed by atoms with Crippen molar-refractivity contribution < 1.29 is 18.0 Å². The van der Waals surface area contributed by atoms with Crippen LogP contribution in [0.3, 0.4) is 0 Å². The van der Waals surface area contributed by atoms with Crippen LogP contribution < -0.4 is 10.9 Å². The number of hydrogen-bond acceptors (Lipinski definition) is 4. The summed E-state index contributed by atoms with van der Waals surface area (Å²) in [6.07, 6.45) is 1.43. The number of aromatic nitrogens is 2. The molecule has 1 atom stereocenters. The van der Waals surface area contributed by atoms with Crippen molar-refractivity contribution in [1.82, 2.24) is 14.5 Å². The van der Waals surface area contributed by atoms with E-state index in [2.05, 4.69) is 16.2 Å². The summed E-state index contributed by atoms with van der Waals surface area (Å²) >= 11 is 5.91. The second-order valence-corrected chi connectivity index (χ2v) is 8.86. The molecule has 11 heteroatoms. The van der Waals surface area contributed by atoms with Crippen LogP contribution in [0.15, 0.2) is 53.3 Å². The highest BCUT2D eigenvalue weighted by atomic mass is 35.5. The van der Waals surface area contributed by atoms with E-state index in [0.29, 0.717) is 40.4 Å². The molecule has 0 aliphatic carbocycles. The number of rotatable bonds is 5. The van der Waals surface area contributed by atoms with Crippen LogP contribution in [0, 0.1) is 12.3 Å². The summed E-state index contributed by atoms with van der Waals surface area (Å²) in [4.78, 5) is 32.5. The fourth-order valence-electron chi connectivity index (χ4n) is 4.05. The third kappa shape index (κ3) is 6.09. The van der Waals surface area contributed by atoms with E-state index < -0.39 is 17.8 Å². The summed E-state index contributed by atoms with van der Waals surface area (Å²) in [6.45, 7) is 2.14. The lowest BCUT2D eigenvalue weighted by Crippen LogP contribution is -2.41. The van der Waals surface area contributed by atoms with Crippen molar-refractivity contribution in [2.24, 2.45) is 0 Å². The number of anilines is 1. The van der Waals surface area contributed by atoms with Crippen molar-refractivity contribution in [3.8, 4) is 12.3 Å². The lowest BCUT2D eigenvalue weighted by molar-refractivity contribution is -0.137. The Balaban J connectivity index is 0.00000380. The zero-order valence-electron chi connectivity index (χ0n) is 19.7. The predicted octanol–water partition coefficient (Wildman–Crippen LogP) is 5.34. The fraction of sp³-hybridized carbons (Fsp3) is 0.269. The lowest BCUT2D eigenvalue weighted by atomic mass is 10.0. The zero-order chi connectivity index (χ0) is 26.0. The number of benzene rings is 2. The molecule has 1 N–H and O–H groups in total. The maximum Gasteiger partial charge on any atom is 0.416 e. The minimum Gasteiger partial charge on any atom is -0.349 e. The topological polar surface area (TPSA) is 67.2 Å². The Hall–Kier alpha value is -3.48. The molecule has 0 bridgehead atoms. The highest BCUT2D eigenvalue weighted by molar-refractivity contribution is 6.30. The third-order valence-electron chi connectivity index (χ3n) is 6.03. The molecule has 6 nitrogen and oxygen atoms in total. The van der Waals surface area contributed by atoms with Gasteiger partial charge in [0.05, 0.1) is 36.0 Å². The van der Waals surface area contributed by atoms with E-state index in [9.17, 15) is 22.8 Å². The van der Waals surface area contributed by atoms with Gasteiger partial charge in [-0.3, -0.25) is 14.2 Å². The highest BCUT2D eigenvalue weighted by Crippen LogP contribution is 2.30. The van der Waals surface area contributed by atoms with E-state index >= 15 is 0 Å². The first kappa shape index (κ1) is 28.1. The second kappa shape index (κ2) is 11.3. The molecule has 0 spiro atoms. The Bertz CT molecular complexity index is 1380. The van der Waals surface area contributed by atoms with Crippen LogP contribution in [0.2, 0.25) is 5.02 Å². The first-order valence-electron chi connectivity index (χ1n) is 11.1. The van der Waals surface area contributed by atoms with E-state index in [1.165, 1.54) is 16.7 Å². The molecule has 4 rings (SSSR count). The van der Waals surface area contributed by atoms with Gasteiger partial charge in [-0.2, -0.15) is 13.2 Å². The Morgan fingerprint density at radius 2 is 1.84 bits per heavy atom. The van der Waals surface area contributed by atoms with Gasteiger partial charge < -0.3 is 10.2 Å². The summed E-state index contributed by atoms with van der Waals surface area (Å²) < 4.78 is 40.0.